The normalized spacial score (nSPS) is 11.3. The Morgan fingerprint density at radius 3 is 2.46 bits per heavy atom. The number of nitrogens with one attached hydrogen (secondary N) is 1. The third kappa shape index (κ3) is 4.70. The molecule has 24 heavy (non-hydrogen) atoms. The van der Waals surface area contributed by atoms with E-state index in [1.54, 1.807) is 36.4 Å². The molecule has 1 amide bonds. The molecule has 2 aromatic rings. The van der Waals surface area contributed by atoms with Crippen LogP contribution >= 0.6 is 11.6 Å². The minimum absolute atomic E-state index is 0.101. The zero-order valence-corrected chi connectivity index (χ0v) is 14.8. The number of amides is 1. The summed E-state index contributed by atoms with van der Waals surface area (Å²) in [6, 6.07) is 12.7. The molecule has 1 N–H and O–H groups in total. The molecule has 0 atom stereocenters. The number of benzene rings is 2. The first kappa shape index (κ1) is 18.3. The zero-order valence-electron chi connectivity index (χ0n) is 13.2. The molecule has 0 aliphatic heterocycles. The third-order valence-electron chi connectivity index (χ3n) is 3.08. The summed E-state index contributed by atoms with van der Waals surface area (Å²) in [6.45, 7) is -0.202. The van der Waals surface area contributed by atoms with Crippen LogP contribution in [0.1, 0.15) is 0 Å². The van der Waals surface area contributed by atoms with Gasteiger partial charge in [0.1, 0.15) is 5.75 Å². The van der Waals surface area contributed by atoms with E-state index < -0.39 is 15.9 Å². The van der Waals surface area contributed by atoms with Gasteiger partial charge in [-0.1, -0.05) is 17.7 Å². The van der Waals surface area contributed by atoms with E-state index >= 15 is 0 Å². The summed E-state index contributed by atoms with van der Waals surface area (Å²) in [4.78, 5) is 12.0. The van der Waals surface area contributed by atoms with Gasteiger partial charge >= 0.3 is 0 Å². The maximum absolute atomic E-state index is 12.1. The lowest BCUT2D eigenvalue weighted by molar-refractivity contribution is -0.118. The highest BCUT2D eigenvalue weighted by atomic mass is 35.5. The molecule has 128 valence electrons. The molecule has 2 rings (SSSR count). The maximum Gasteiger partial charge on any atom is 0.262 e. The van der Waals surface area contributed by atoms with Gasteiger partial charge in [-0.05, 0) is 42.5 Å². The maximum atomic E-state index is 12.1. The molecule has 0 aliphatic rings. The van der Waals surface area contributed by atoms with Crippen molar-refractivity contribution in [2.24, 2.45) is 0 Å². The Labute approximate surface area is 146 Å². The smallest absolute Gasteiger partial charge is 0.262 e. The number of rotatable bonds is 6. The number of ether oxygens (including phenoxy) is 1. The number of anilines is 1. The van der Waals surface area contributed by atoms with Crippen molar-refractivity contribution in [2.45, 2.75) is 4.90 Å². The monoisotopic (exact) mass is 368 g/mol. The second-order valence-electron chi connectivity index (χ2n) is 5.11. The average molecular weight is 369 g/mol. The lowest BCUT2D eigenvalue weighted by Crippen LogP contribution is -2.23. The van der Waals surface area contributed by atoms with Crippen molar-refractivity contribution < 1.29 is 17.9 Å². The predicted octanol–water partition coefficient (Wildman–Crippen LogP) is 2.61. The van der Waals surface area contributed by atoms with Crippen LogP contribution in [0.4, 0.5) is 5.69 Å². The van der Waals surface area contributed by atoms with Gasteiger partial charge in [0, 0.05) is 24.8 Å². The fourth-order valence-corrected chi connectivity index (χ4v) is 2.90. The van der Waals surface area contributed by atoms with Crippen LogP contribution in [0.15, 0.2) is 53.4 Å². The second-order valence-corrected chi connectivity index (χ2v) is 7.69. The molecule has 6 nitrogen and oxygen atoms in total. The van der Waals surface area contributed by atoms with Crippen molar-refractivity contribution in [2.75, 3.05) is 26.0 Å². The lowest BCUT2D eigenvalue weighted by Gasteiger charge is -2.13. The summed E-state index contributed by atoms with van der Waals surface area (Å²) in [5.74, 6) is 0.114. The molecule has 0 aliphatic carbocycles. The van der Waals surface area contributed by atoms with E-state index in [1.807, 2.05) is 0 Å². The highest BCUT2D eigenvalue weighted by molar-refractivity contribution is 7.89. The number of sulfonamides is 1. The van der Waals surface area contributed by atoms with Crippen molar-refractivity contribution in [3.63, 3.8) is 0 Å². The summed E-state index contributed by atoms with van der Waals surface area (Å²) < 4.78 is 30.6. The summed E-state index contributed by atoms with van der Waals surface area (Å²) in [5.41, 5.74) is 0.377. The van der Waals surface area contributed by atoms with Crippen LogP contribution in [-0.2, 0) is 14.8 Å². The number of hydrogen-bond donors (Lipinski definition) is 1. The van der Waals surface area contributed by atoms with Crippen molar-refractivity contribution in [1.29, 1.82) is 0 Å². The Bertz CT molecular complexity index is 820. The van der Waals surface area contributed by atoms with Crippen LogP contribution in [0, 0.1) is 0 Å². The first-order valence-electron chi connectivity index (χ1n) is 7.00. The van der Waals surface area contributed by atoms with Crippen molar-refractivity contribution in [1.82, 2.24) is 4.31 Å². The van der Waals surface area contributed by atoms with E-state index in [-0.39, 0.29) is 11.5 Å². The van der Waals surface area contributed by atoms with E-state index in [1.165, 1.54) is 26.2 Å². The average Bonchev–Trinajstić information content (AvgIpc) is 2.54. The van der Waals surface area contributed by atoms with E-state index in [0.29, 0.717) is 16.5 Å². The topological polar surface area (TPSA) is 75.7 Å². The Morgan fingerprint density at radius 2 is 1.83 bits per heavy atom. The van der Waals surface area contributed by atoms with Gasteiger partial charge in [0.2, 0.25) is 10.0 Å². The number of hydrogen-bond acceptors (Lipinski definition) is 4. The van der Waals surface area contributed by atoms with Gasteiger partial charge < -0.3 is 10.1 Å². The third-order valence-corrected chi connectivity index (χ3v) is 5.14. The van der Waals surface area contributed by atoms with Gasteiger partial charge in [-0.2, -0.15) is 0 Å². The quantitative estimate of drug-likeness (QED) is 0.850. The van der Waals surface area contributed by atoms with Crippen molar-refractivity contribution >= 4 is 33.2 Å². The van der Waals surface area contributed by atoms with E-state index in [4.69, 9.17) is 16.3 Å². The largest absolute Gasteiger partial charge is 0.484 e. The van der Waals surface area contributed by atoms with E-state index in [9.17, 15) is 13.2 Å². The van der Waals surface area contributed by atoms with Gasteiger partial charge in [0.15, 0.2) is 6.61 Å². The molecule has 2 aromatic carbocycles. The molecule has 0 spiro atoms. The van der Waals surface area contributed by atoms with Crippen molar-refractivity contribution in [3.05, 3.63) is 53.6 Å². The van der Waals surface area contributed by atoms with Crippen LogP contribution in [-0.4, -0.2) is 39.3 Å². The Morgan fingerprint density at radius 1 is 1.17 bits per heavy atom. The highest BCUT2D eigenvalue weighted by Crippen LogP contribution is 2.18. The van der Waals surface area contributed by atoms with Gasteiger partial charge in [-0.25, -0.2) is 12.7 Å². The minimum atomic E-state index is -3.56. The van der Waals surface area contributed by atoms with Gasteiger partial charge in [-0.3, -0.25) is 4.79 Å². The lowest BCUT2D eigenvalue weighted by atomic mass is 10.3. The highest BCUT2D eigenvalue weighted by Gasteiger charge is 2.17. The SMILES string of the molecule is CN(C)S(=O)(=O)c1cccc(NC(=O)COc2ccc(Cl)cc2)c1. The van der Waals surface area contributed by atoms with Crippen LogP contribution in [0.25, 0.3) is 0 Å². The molecule has 0 bridgehead atoms. The summed E-state index contributed by atoms with van der Waals surface area (Å²) in [7, 11) is -0.666. The Balaban J connectivity index is 2.00. The van der Waals surface area contributed by atoms with Gasteiger partial charge in [0.25, 0.3) is 5.91 Å². The fourth-order valence-electron chi connectivity index (χ4n) is 1.82. The van der Waals surface area contributed by atoms with Crippen LogP contribution in [0.3, 0.4) is 0 Å². The Kier molecular flexibility index (Phi) is 5.82. The van der Waals surface area contributed by atoms with Crippen molar-refractivity contribution in [3.8, 4) is 5.75 Å². The number of carbonyl (C=O) groups is 1. The van der Waals surface area contributed by atoms with Gasteiger partial charge in [-0.15, -0.1) is 0 Å². The van der Waals surface area contributed by atoms with Crippen LogP contribution in [0.2, 0.25) is 5.02 Å². The zero-order chi connectivity index (χ0) is 17.7. The number of carbonyl (C=O) groups excluding carboxylic acids is 1. The summed E-state index contributed by atoms with van der Waals surface area (Å²) in [6.07, 6.45) is 0. The number of halogens is 1. The fraction of sp³-hybridized carbons (Fsp3) is 0.188. The molecule has 8 heteroatoms. The molecule has 0 fully saturated rings. The standard InChI is InChI=1S/C16H17ClN2O4S/c1-19(2)24(21,22)15-5-3-4-13(10-15)18-16(20)11-23-14-8-6-12(17)7-9-14/h3-10H,11H2,1-2H3,(H,18,20). The molecular formula is C16H17ClN2O4S. The van der Waals surface area contributed by atoms with Crippen LogP contribution in [0.5, 0.6) is 5.75 Å². The predicted molar refractivity (Wildman–Crippen MR) is 92.9 cm³/mol. The number of nitrogens with zero attached hydrogens (tertiary/aromatic N) is 1. The molecule has 0 saturated carbocycles. The van der Waals surface area contributed by atoms with Gasteiger partial charge in [0.05, 0.1) is 4.90 Å². The molecular weight excluding hydrogens is 352 g/mol. The summed E-state index contributed by atoms with van der Waals surface area (Å²) in [5, 5.41) is 3.18. The molecule has 0 heterocycles. The first-order chi connectivity index (χ1) is 11.3. The minimum Gasteiger partial charge on any atom is -0.484 e. The molecule has 0 saturated heterocycles. The molecule has 0 aromatic heterocycles. The van der Waals surface area contributed by atoms with Crippen LogP contribution < -0.4 is 10.1 Å². The molecule has 0 radical (unpaired) electrons. The first-order valence-corrected chi connectivity index (χ1v) is 8.81. The van der Waals surface area contributed by atoms with E-state index in [2.05, 4.69) is 5.32 Å². The summed E-state index contributed by atoms with van der Waals surface area (Å²) >= 11 is 5.77. The molecule has 0 unspecified atom stereocenters. The Hall–Kier alpha value is -2.09. The second kappa shape index (κ2) is 7.65. The van der Waals surface area contributed by atoms with E-state index in [0.717, 1.165) is 4.31 Å².